The molecule has 1 aliphatic carbocycles. The molecule has 0 bridgehead atoms. The SMILES string of the molecule is CC1=C(CO)C(C)(C)CC(OC(=O)c2ccccc2)C1. The van der Waals surface area contributed by atoms with Crippen molar-refractivity contribution in [3.63, 3.8) is 0 Å². The summed E-state index contributed by atoms with van der Waals surface area (Å²) < 4.78 is 5.62. The second-order valence-electron chi connectivity index (χ2n) is 6.10. The minimum atomic E-state index is -0.272. The molecule has 1 aliphatic rings. The van der Waals surface area contributed by atoms with E-state index in [4.69, 9.17) is 4.74 Å². The lowest BCUT2D eigenvalue weighted by Gasteiger charge is -2.37. The first-order chi connectivity index (χ1) is 9.44. The highest BCUT2D eigenvalue weighted by molar-refractivity contribution is 5.89. The molecule has 108 valence electrons. The molecule has 1 atom stereocenters. The van der Waals surface area contributed by atoms with Gasteiger partial charge in [0.2, 0.25) is 0 Å². The summed E-state index contributed by atoms with van der Waals surface area (Å²) in [5.41, 5.74) is 2.66. The third kappa shape index (κ3) is 3.10. The molecule has 0 amide bonds. The summed E-state index contributed by atoms with van der Waals surface area (Å²) in [7, 11) is 0. The van der Waals surface area contributed by atoms with E-state index in [0.717, 1.165) is 17.6 Å². The van der Waals surface area contributed by atoms with E-state index < -0.39 is 0 Å². The van der Waals surface area contributed by atoms with E-state index in [1.165, 1.54) is 0 Å². The van der Waals surface area contributed by atoms with Crippen molar-refractivity contribution >= 4 is 5.97 Å². The summed E-state index contributed by atoms with van der Waals surface area (Å²) in [6.07, 6.45) is 1.34. The van der Waals surface area contributed by atoms with Crippen LogP contribution >= 0.6 is 0 Å². The number of aliphatic hydroxyl groups excluding tert-OH is 1. The predicted octanol–water partition coefficient (Wildman–Crippen LogP) is 3.34. The second kappa shape index (κ2) is 5.80. The number of carbonyl (C=O) groups is 1. The Kier molecular flexibility index (Phi) is 4.29. The molecular weight excluding hydrogens is 252 g/mol. The van der Waals surface area contributed by atoms with Crippen LogP contribution in [-0.2, 0) is 4.74 Å². The van der Waals surface area contributed by atoms with Crippen LogP contribution in [0.25, 0.3) is 0 Å². The van der Waals surface area contributed by atoms with Gasteiger partial charge in [0.25, 0.3) is 0 Å². The molecule has 1 N–H and O–H groups in total. The van der Waals surface area contributed by atoms with Crippen molar-refractivity contribution in [3.05, 3.63) is 47.0 Å². The number of ether oxygens (including phenoxy) is 1. The molecule has 0 saturated heterocycles. The minimum Gasteiger partial charge on any atom is -0.458 e. The van der Waals surface area contributed by atoms with Gasteiger partial charge in [0.05, 0.1) is 12.2 Å². The van der Waals surface area contributed by atoms with Crippen LogP contribution in [0.3, 0.4) is 0 Å². The minimum absolute atomic E-state index is 0.0815. The first-order valence-corrected chi connectivity index (χ1v) is 7.00. The first kappa shape index (κ1) is 14.8. The average Bonchev–Trinajstić information content (AvgIpc) is 2.38. The highest BCUT2D eigenvalue weighted by Gasteiger charge is 2.35. The lowest BCUT2D eigenvalue weighted by atomic mass is 9.72. The van der Waals surface area contributed by atoms with Gasteiger partial charge < -0.3 is 9.84 Å². The molecule has 3 heteroatoms. The maximum Gasteiger partial charge on any atom is 0.338 e. The van der Waals surface area contributed by atoms with E-state index in [1.807, 2.05) is 25.1 Å². The molecule has 2 rings (SSSR count). The Bertz CT molecular complexity index is 514. The monoisotopic (exact) mass is 274 g/mol. The molecule has 1 aromatic rings. The summed E-state index contributed by atoms with van der Waals surface area (Å²) in [5, 5.41) is 9.48. The lowest BCUT2D eigenvalue weighted by Crippen LogP contribution is -2.33. The van der Waals surface area contributed by atoms with Gasteiger partial charge >= 0.3 is 5.97 Å². The Hall–Kier alpha value is -1.61. The molecule has 0 saturated carbocycles. The van der Waals surface area contributed by atoms with Crippen molar-refractivity contribution in [3.8, 4) is 0 Å². The zero-order valence-corrected chi connectivity index (χ0v) is 12.3. The van der Waals surface area contributed by atoms with Crippen molar-refractivity contribution in [1.29, 1.82) is 0 Å². The van der Waals surface area contributed by atoms with E-state index >= 15 is 0 Å². The number of hydrogen-bond donors (Lipinski definition) is 1. The molecule has 20 heavy (non-hydrogen) atoms. The van der Waals surface area contributed by atoms with Crippen molar-refractivity contribution in [2.45, 2.75) is 39.7 Å². The van der Waals surface area contributed by atoms with E-state index in [-0.39, 0.29) is 24.1 Å². The van der Waals surface area contributed by atoms with E-state index in [1.54, 1.807) is 12.1 Å². The summed E-state index contributed by atoms with van der Waals surface area (Å²) in [4.78, 5) is 12.1. The average molecular weight is 274 g/mol. The number of aliphatic hydroxyl groups is 1. The van der Waals surface area contributed by atoms with Crippen molar-refractivity contribution in [1.82, 2.24) is 0 Å². The highest BCUT2D eigenvalue weighted by atomic mass is 16.5. The lowest BCUT2D eigenvalue weighted by molar-refractivity contribution is 0.0174. The normalized spacial score (nSPS) is 21.7. The third-order valence-corrected chi connectivity index (χ3v) is 4.05. The van der Waals surface area contributed by atoms with Gasteiger partial charge in [-0.2, -0.15) is 0 Å². The van der Waals surface area contributed by atoms with E-state index in [9.17, 15) is 9.90 Å². The fourth-order valence-electron chi connectivity index (χ4n) is 3.03. The Balaban J connectivity index is 2.10. The van der Waals surface area contributed by atoms with Crippen LogP contribution in [0.4, 0.5) is 0 Å². The molecule has 1 unspecified atom stereocenters. The van der Waals surface area contributed by atoms with Crippen LogP contribution in [0.2, 0.25) is 0 Å². The topological polar surface area (TPSA) is 46.5 Å². The Morgan fingerprint density at radius 1 is 1.35 bits per heavy atom. The van der Waals surface area contributed by atoms with Gasteiger partial charge in [0.15, 0.2) is 0 Å². The van der Waals surface area contributed by atoms with Gasteiger partial charge in [-0.05, 0) is 36.5 Å². The summed E-state index contributed by atoms with van der Waals surface area (Å²) in [5.74, 6) is -0.272. The van der Waals surface area contributed by atoms with Crippen LogP contribution in [0.5, 0.6) is 0 Å². The standard InChI is InChI=1S/C17H22O3/c1-12-9-14(10-17(2,3)15(12)11-18)20-16(19)13-7-5-4-6-8-13/h4-8,14,18H,9-11H2,1-3H3. The highest BCUT2D eigenvalue weighted by Crippen LogP contribution is 2.41. The van der Waals surface area contributed by atoms with Gasteiger partial charge in [-0.3, -0.25) is 0 Å². The number of esters is 1. The van der Waals surface area contributed by atoms with E-state index in [0.29, 0.717) is 12.0 Å². The number of carbonyl (C=O) groups excluding carboxylic acids is 1. The molecule has 0 heterocycles. The maximum atomic E-state index is 12.1. The largest absolute Gasteiger partial charge is 0.458 e. The fourth-order valence-corrected chi connectivity index (χ4v) is 3.03. The second-order valence-corrected chi connectivity index (χ2v) is 6.10. The molecule has 0 aliphatic heterocycles. The zero-order valence-electron chi connectivity index (χ0n) is 12.3. The first-order valence-electron chi connectivity index (χ1n) is 7.00. The Labute approximate surface area is 120 Å². The van der Waals surface area contributed by atoms with Gasteiger partial charge in [0.1, 0.15) is 6.10 Å². The molecule has 1 aromatic carbocycles. The van der Waals surface area contributed by atoms with Gasteiger partial charge in [-0.25, -0.2) is 4.79 Å². The molecule has 0 radical (unpaired) electrons. The van der Waals surface area contributed by atoms with Crippen molar-refractivity contribution < 1.29 is 14.6 Å². The van der Waals surface area contributed by atoms with Crippen LogP contribution in [0.15, 0.2) is 41.5 Å². The summed E-state index contributed by atoms with van der Waals surface area (Å²) in [6.45, 7) is 6.27. The quantitative estimate of drug-likeness (QED) is 0.679. The third-order valence-electron chi connectivity index (χ3n) is 4.05. The molecule has 0 aromatic heterocycles. The van der Waals surface area contributed by atoms with Gasteiger partial charge in [-0.15, -0.1) is 0 Å². The van der Waals surface area contributed by atoms with Crippen LogP contribution in [0, 0.1) is 5.41 Å². The Morgan fingerprint density at radius 2 is 2.00 bits per heavy atom. The summed E-state index contributed by atoms with van der Waals surface area (Å²) >= 11 is 0. The smallest absolute Gasteiger partial charge is 0.338 e. The van der Waals surface area contributed by atoms with Gasteiger partial charge in [0, 0.05) is 6.42 Å². The Morgan fingerprint density at radius 3 is 2.55 bits per heavy atom. The van der Waals surface area contributed by atoms with Crippen LogP contribution in [0.1, 0.15) is 44.0 Å². The zero-order chi connectivity index (χ0) is 14.8. The number of benzene rings is 1. The summed E-state index contributed by atoms with van der Waals surface area (Å²) in [6, 6.07) is 9.06. The number of hydrogen-bond acceptors (Lipinski definition) is 3. The molecule has 0 spiro atoms. The molecule has 0 fully saturated rings. The van der Waals surface area contributed by atoms with E-state index in [2.05, 4.69) is 13.8 Å². The molecular formula is C17H22O3. The fraction of sp³-hybridized carbons (Fsp3) is 0.471. The van der Waals surface area contributed by atoms with Gasteiger partial charge in [-0.1, -0.05) is 37.6 Å². The predicted molar refractivity (Wildman–Crippen MR) is 78.4 cm³/mol. The van der Waals surface area contributed by atoms with Crippen molar-refractivity contribution in [2.75, 3.05) is 6.61 Å². The van der Waals surface area contributed by atoms with Crippen LogP contribution < -0.4 is 0 Å². The molecule has 3 nitrogen and oxygen atoms in total. The van der Waals surface area contributed by atoms with Crippen LogP contribution in [-0.4, -0.2) is 23.8 Å². The maximum absolute atomic E-state index is 12.1. The number of rotatable bonds is 3. The van der Waals surface area contributed by atoms with Crippen molar-refractivity contribution in [2.24, 2.45) is 5.41 Å².